The molecule has 0 bridgehead atoms. The van der Waals surface area contributed by atoms with Gasteiger partial charge in [0.05, 0.1) is 11.4 Å². The van der Waals surface area contributed by atoms with Crippen LogP contribution < -0.4 is 5.32 Å². The van der Waals surface area contributed by atoms with E-state index in [4.69, 9.17) is 11.6 Å². The highest BCUT2D eigenvalue weighted by Gasteiger charge is 2.08. The molecule has 0 aliphatic rings. The number of nitrogens with one attached hydrogen (secondary N) is 1. The van der Waals surface area contributed by atoms with E-state index in [1.807, 2.05) is 60.8 Å². The first kappa shape index (κ1) is 17.0. The summed E-state index contributed by atoms with van der Waals surface area (Å²) in [6, 6.07) is 15.3. The van der Waals surface area contributed by atoms with E-state index in [1.54, 1.807) is 0 Å². The Morgan fingerprint density at radius 3 is 2.79 bits per heavy atom. The van der Waals surface area contributed by atoms with Crippen LogP contribution in [0, 0.1) is 6.92 Å². The van der Waals surface area contributed by atoms with Gasteiger partial charge in [-0.1, -0.05) is 47.6 Å². The number of rotatable bonds is 5. The molecule has 0 aliphatic heterocycles. The van der Waals surface area contributed by atoms with Crippen LogP contribution in [0.1, 0.15) is 5.56 Å². The van der Waals surface area contributed by atoms with Crippen molar-refractivity contribution in [2.75, 3.05) is 11.1 Å². The molecule has 3 nitrogen and oxygen atoms in total. The molecule has 0 aliphatic carbocycles. The lowest BCUT2D eigenvalue weighted by atomic mass is 10.2. The quantitative estimate of drug-likeness (QED) is 0.599. The van der Waals surface area contributed by atoms with Crippen molar-refractivity contribution < 1.29 is 4.79 Å². The van der Waals surface area contributed by atoms with E-state index in [9.17, 15) is 4.79 Å². The van der Waals surface area contributed by atoms with Gasteiger partial charge in [-0.2, -0.15) is 0 Å². The van der Waals surface area contributed by atoms with Crippen LogP contribution >= 0.6 is 34.7 Å². The fourth-order valence-electron chi connectivity index (χ4n) is 2.12. The first-order valence-corrected chi connectivity index (χ1v) is 9.55. The van der Waals surface area contributed by atoms with Crippen LogP contribution in [0.2, 0.25) is 5.02 Å². The highest BCUT2D eigenvalue weighted by Crippen LogP contribution is 2.29. The van der Waals surface area contributed by atoms with Gasteiger partial charge in [-0.15, -0.1) is 11.3 Å². The van der Waals surface area contributed by atoms with Crippen LogP contribution in [0.5, 0.6) is 0 Å². The number of anilines is 1. The van der Waals surface area contributed by atoms with Crippen LogP contribution in [0.15, 0.2) is 58.3 Å². The molecule has 1 N–H and O–H groups in total. The molecule has 0 saturated heterocycles. The Kier molecular flexibility index (Phi) is 5.56. The van der Waals surface area contributed by atoms with Crippen LogP contribution in [-0.2, 0) is 4.79 Å². The van der Waals surface area contributed by atoms with Gasteiger partial charge in [0, 0.05) is 21.7 Å². The van der Waals surface area contributed by atoms with Gasteiger partial charge in [-0.3, -0.25) is 4.79 Å². The smallest absolute Gasteiger partial charge is 0.234 e. The molecule has 0 saturated carbocycles. The van der Waals surface area contributed by atoms with Crippen molar-refractivity contribution in [3.63, 3.8) is 0 Å². The number of aryl methyl sites for hydroxylation is 1. The summed E-state index contributed by atoms with van der Waals surface area (Å²) in [6.07, 6.45) is 0. The van der Waals surface area contributed by atoms with Gasteiger partial charge in [-0.05, 0) is 36.8 Å². The van der Waals surface area contributed by atoms with Crippen molar-refractivity contribution in [3.05, 3.63) is 64.5 Å². The third-order valence-electron chi connectivity index (χ3n) is 3.25. The first-order valence-electron chi connectivity index (χ1n) is 7.31. The zero-order valence-electron chi connectivity index (χ0n) is 13.0. The molecule has 1 aromatic heterocycles. The van der Waals surface area contributed by atoms with E-state index in [0.717, 1.165) is 26.8 Å². The Balaban J connectivity index is 1.57. The maximum atomic E-state index is 12.0. The summed E-state index contributed by atoms with van der Waals surface area (Å²) < 4.78 is 0.874. The number of thioether (sulfide) groups is 1. The Morgan fingerprint density at radius 1 is 1.25 bits per heavy atom. The summed E-state index contributed by atoms with van der Waals surface area (Å²) >= 11 is 8.88. The van der Waals surface area contributed by atoms with Gasteiger partial charge in [0.25, 0.3) is 0 Å². The minimum Gasteiger partial charge on any atom is -0.325 e. The van der Waals surface area contributed by atoms with Gasteiger partial charge in [0.1, 0.15) is 0 Å². The zero-order valence-corrected chi connectivity index (χ0v) is 15.3. The van der Waals surface area contributed by atoms with Crippen LogP contribution in [0.25, 0.3) is 11.3 Å². The molecule has 2 aromatic carbocycles. The fourth-order valence-corrected chi connectivity index (χ4v) is 3.89. The number of nitrogens with zero attached hydrogens (tertiary/aromatic N) is 1. The third kappa shape index (κ3) is 4.60. The van der Waals surface area contributed by atoms with Gasteiger partial charge in [0.15, 0.2) is 4.34 Å². The van der Waals surface area contributed by atoms with Gasteiger partial charge in [-0.25, -0.2) is 4.98 Å². The summed E-state index contributed by atoms with van der Waals surface area (Å²) in [5, 5.41) is 5.60. The maximum absolute atomic E-state index is 12.0. The van der Waals surface area contributed by atoms with Crippen LogP contribution in [0.4, 0.5) is 5.69 Å². The number of hydrogen-bond donors (Lipinski definition) is 1. The normalized spacial score (nSPS) is 10.6. The summed E-state index contributed by atoms with van der Waals surface area (Å²) in [5.41, 5.74) is 3.86. The molecule has 122 valence electrons. The topological polar surface area (TPSA) is 42.0 Å². The number of carbonyl (C=O) groups is 1. The van der Waals surface area contributed by atoms with Crippen LogP contribution in [0.3, 0.4) is 0 Å². The predicted molar refractivity (Wildman–Crippen MR) is 103 cm³/mol. The number of amides is 1. The van der Waals surface area contributed by atoms with E-state index < -0.39 is 0 Å². The van der Waals surface area contributed by atoms with Gasteiger partial charge < -0.3 is 5.32 Å². The number of benzene rings is 2. The average Bonchev–Trinajstić information content (AvgIpc) is 3.03. The zero-order chi connectivity index (χ0) is 16.9. The number of carbonyl (C=O) groups excluding carboxylic acids is 1. The van der Waals surface area contributed by atoms with E-state index in [1.165, 1.54) is 23.1 Å². The van der Waals surface area contributed by atoms with Crippen molar-refractivity contribution in [1.82, 2.24) is 4.98 Å². The largest absolute Gasteiger partial charge is 0.325 e. The van der Waals surface area contributed by atoms with E-state index in [-0.39, 0.29) is 5.91 Å². The Morgan fingerprint density at radius 2 is 2.04 bits per heavy atom. The highest BCUT2D eigenvalue weighted by molar-refractivity contribution is 8.01. The molecule has 1 amide bonds. The molecule has 0 radical (unpaired) electrons. The lowest BCUT2D eigenvalue weighted by Crippen LogP contribution is -2.13. The second-order valence-electron chi connectivity index (χ2n) is 5.21. The number of thiazole rings is 1. The molecule has 0 fully saturated rings. The summed E-state index contributed by atoms with van der Waals surface area (Å²) in [4.78, 5) is 16.6. The van der Waals surface area contributed by atoms with Gasteiger partial charge in [0.2, 0.25) is 5.91 Å². The van der Waals surface area contributed by atoms with E-state index >= 15 is 0 Å². The minimum absolute atomic E-state index is 0.0335. The fraction of sp³-hybridized carbons (Fsp3) is 0.111. The van der Waals surface area contributed by atoms with Crippen molar-refractivity contribution in [2.24, 2.45) is 0 Å². The molecule has 1 heterocycles. The molecule has 0 unspecified atom stereocenters. The SMILES string of the molecule is Cc1cccc(NC(=O)CSc2nc(-c3ccc(Cl)cc3)cs2)c1. The molecule has 3 aromatic rings. The second kappa shape index (κ2) is 7.83. The molecule has 3 rings (SSSR count). The third-order valence-corrected chi connectivity index (χ3v) is 5.52. The maximum Gasteiger partial charge on any atom is 0.234 e. The Bertz CT molecular complexity index is 846. The van der Waals surface area contributed by atoms with Crippen LogP contribution in [-0.4, -0.2) is 16.6 Å². The summed E-state index contributed by atoms with van der Waals surface area (Å²) in [6.45, 7) is 2.00. The predicted octanol–water partition coefficient (Wildman–Crippen LogP) is 5.50. The van der Waals surface area contributed by atoms with E-state index in [0.29, 0.717) is 10.8 Å². The monoisotopic (exact) mass is 374 g/mol. The Labute approximate surface area is 154 Å². The molecule has 0 spiro atoms. The number of halogens is 1. The molecule has 24 heavy (non-hydrogen) atoms. The second-order valence-corrected chi connectivity index (χ2v) is 7.73. The molecular formula is C18H15ClN2OS2. The lowest BCUT2D eigenvalue weighted by Gasteiger charge is -2.04. The standard InChI is InChI=1S/C18H15ClN2OS2/c1-12-3-2-4-15(9-12)20-17(22)11-24-18-21-16(10-23-18)13-5-7-14(19)8-6-13/h2-10H,11H2,1H3,(H,20,22). The average molecular weight is 375 g/mol. The molecular weight excluding hydrogens is 360 g/mol. The highest BCUT2D eigenvalue weighted by atomic mass is 35.5. The van der Waals surface area contributed by atoms with Crippen molar-refractivity contribution in [1.29, 1.82) is 0 Å². The summed E-state index contributed by atoms with van der Waals surface area (Å²) in [7, 11) is 0. The summed E-state index contributed by atoms with van der Waals surface area (Å²) in [5.74, 6) is 0.301. The van der Waals surface area contributed by atoms with Crippen molar-refractivity contribution in [3.8, 4) is 11.3 Å². The van der Waals surface area contributed by atoms with Crippen molar-refractivity contribution in [2.45, 2.75) is 11.3 Å². The molecule has 6 heteroatoms. The first-order chi connectivity index (χ1) is 11.6. The minimum atomic E-state index is -0.0335. The number of hydrogen-bond acceptors (Lipinski definition) is 4. The molecule has 0 atom stereocenters. The van der Waals surface area contributed by atoms with Gasteiger partial charge >= 0.3 is 0 Å². The number of aromatic nitrogens is 1. The van der Waals surface area contributed by atoms with E-state index in [2.05, 4.69) is 10.3 Å². The Hall–Kier alpha value is -1.82. The lowest BCUT2D eigenvalue weighted by molar-refractivity contribution is -0.113. The van der Waals surface area contributed by atoms with Crippen molar-refractivity contribution >= 4 is 46.3 Å².